The largest absolute Gasteiger partial charge is 0.450 e. The van der Waals surface area contributed by atoms with Crippen molar-refractivity contribution in [2.24, 2.45) is 5.73 Å². The molecule has 4 aliphatic rings. The third-order valence-corrected chi connectivity index (χ3v) is 6.82. The lowest BCUT2D eigenvalue weighted by Gasteiger charge is -2.38. The van der Waals surface area contributed by atoms with Crippen LogP contribution in [0.3, 0.4) is 0 Å². The molecule has 4 atom stereocenters. The Kier molecular flexibility index (Phi) is 3.13. The Bertz CT molecular complexity index is 467. The molecule has 20 heavy (non-hydrogen) atoms. The molecule has 4 rings (SSSR count). The standard InChI is InChI=1S/C15H22N2O2S/c16-4-6-20-12-7-10-8-14(18)19-15(10)9-11(12)17-5-2-1-3-13(15)17/h8,11-13H,1-7,9,16H2. The van der Waals surface area contributed by atoms with Crippen LogP contribution >= 0.6 is 11.8 Å². The van der Waals surface area contributed by atoms with E-state index in [1.165, 1.54) is 31.4 Å². The molecule has 3 heterocycles. The maximum absolute atomic E-state index is 11.8. The molecule has 0 radical (unpaired) electrons. The van der Waals surface area contributed by atoms with Crippen LogP contribution in [0, 0.1) is 0 Å². The number of hydrogen-bond acceptors (Lipinski definition) is 5. The zero-order chi connectivity index (χ0) is 13.7. The number of nitrogens with zero attached hydrogens (tertiary/aromatic N) is 1. The second-order valence-corrected chi connectivity index (χ2v) is 7.75. The molecule has 0 aromatic rings. The zero-order valence-electron chi connectivity index (χ0n) is 11.7. The smallest absolute Gasteiger partial charge is 0.331 e. The minimum absolute atomic E-state index is 0.115. The number of carbonyl (C=O) groups is 1. The molecule has 4 nitrogen and oxygen atoms in total. The summed E-state index contributed by atoms with van der Waals surface area (Å²) >= 11 is 1.98. The van der Waals surface area contributed by atoms with E-state index >= 15 is 0 Å². The molecule has 3 fully saturated rings. The topological polar surface area (TPSA) is 55.6 Å². The van der Waals surface area contributed by atoms with Gasteiger partial charge < -0.3 is 10.5 Å². The molecule has 0 aromatic heterocycles. The van der Waals surface area contributed by atoms with Crippen LogP contribution in [-0.2, 0) is 9.53 Å². The van der Waals surface area contributed by atoms with E-state index in [1.807, 2.05) is 11.8 Å². The minimum atomic E-state index is -0.262. The van der Waals surface area contributed by atoms with Gasteiger partial charge in [0.15, 0.2) is 5.60 Å². The number of fused-ring (bicyclic) bond motifs is 3. The Morgan fingerprint density at radius 1 is 1.50 bits per heavy atom. The van der Waals surface area contributed by atoms with E-state index in [0.29, 0.717) is 17.3 Å². The van der Waals surface area contributed by atoms with Gasteiger partial charge in [0.2, 0.25) is 0 Å². The van der Waals surface area contributed by atoms with Crippen LogP contribution in [0.25, 0.3) is 0 Å². The molecule has 2 saturated heterocycles. The predicted octanol–water partition coefficient (Wildman–Crippen LogP) is 1.30. The van der Waals surface area contributed by atoms with Crippen LogP contribution in [0.15, 0.2) is 11.6 Å². The molecule has 3 aliphatic heterocycles. The first kappa shape index (κ1) is 13.2. The van der Waals surface area contributed by atoms with E-state index in [-0.39, 0.29) is 11.6 Å². The number of piperidine rings is 1. The molecule has 2 bridgehead atoms. The third kappa shape index (κ3) is 1.72. The van der Waals surface area contributed by atoms with Gasteiger partial charge >= 0.3 is 5.97 Å². The summed E-state index contributed by atoms with van der Waals surface area (Å²) in [6.45, 7) is 1.90. The molecule has 2 N–H and O–H groups in total. The number of carbonyl (C=O) groups excluding carboxylic acids is 1. The number of thioether (sulfide) groups is 1. The predicted molar refractivity (Wildman–Crippen MR) is 79.6 cm³/mol. The Morgan fingerprint density at radius 3 is 3.25 bits per heavy atom. The second kappa shape index (κ2) is 4.75. The molecule has 0 amide bonds. The van der Waals surface area contributed by atoms with Gasteiger partial charge in [0.05, 0.1) is 6.04 Å². The molecule has 1 spiro atoms. The quantitative estimate of drug-likeness (QED) is 0.795. The van der Waals surface area contributed by atoms with Crippen LogP contribution in [0.2, 0.25) is 0 Å². The lowest BCUT2D eigenvalue weighted by Crippen LogP contribution is -2.48. The monoisotopic (exact) mass is 294 g/mol. The Balaban J connectivity index is 1.68. The highest BCUT2D eigenvalue weighted by Gasteiger charge is 2.63. The average Bonchev–Trinajstić information content (AvgIpc) is 2.93. The number of rotatable bonds is 3. The van der Waals surface area contributed by atoms with E-state index < -0.39 is 0 Å². The van der Waals surface area contributed by atoms with Crippen molar-refractivity contribution in [2.75, 3.05) is 18.8 Å². The van der Waals surface area contributed by atoms with Crippen molar-refractivity contribution in [1.82, 2.24) is 4.90 Å². The average molecular weight is 294 g/mol. The summed E-state index contributed by atoms with van der Waals surface area (Å²) in [7, 11) is 0. The Morgan fingerprint density at radius 2 is 2.40 bits per heavy atom. The zero-order valence-corrected chi connectivity index (χ0v) is 12.5. The number of nitrogens with two attached hydrogens (primary N) is 1. The fourth-order valence-electron chi connectivity index (χ4n) is 4.73. The van der Waals surface area contributed by atoms with Gasteiger partial charge in [-0.3, -0.25) is 4.90 Å². The summed E-state index contributed by atoms with van der Waals surface area (Å²) in [5, 5.41) is 0.579. The van der Waals surface area contributed by atoms with E-state index in [4.69, 9.17) is 10.5 Å². The van der Waals surface area contributed by atoms with Crippen LogP contribution in [-0.4, -0.2) is 52.6 Å². The summed E-state index contributed by atoms with van der Waals surface area (Å²) in [5.74, 6) is 0.894. The molecule has 1 saturated carbocycles. The fourth-order valence-corrected chi connectivity index (χ4v) is 5.94. The maximum Gasteiger partial charge on any atom is 0.331 e. The molecule has 110 valence electrons. The van der Waals surface area contributed by atoms with E-state index in [0.717, 1.165) is 25.1 Å². The summed E-state index contributed by atoms with van der Waals surface area (Å²) in [6.07, 6.45) is 7.52. The highest BCUT2D eigenvalue weighted by molar-refractivity contribution is 8.00. The van der Waals surface area contributed by atoms with Gasteiger partial charge in [0.25, 0.3) is 0 Å². The first-order valence-corrected chi connectivity index (χ1v) is 8.81. The van der Waals surface area contributed by atoms with Crippen molar-refractivity contribution in [3.63, 3.8) is 0 Å². The molecule has 5 heteroatoms. The van der Waals surface area contributed by atoms with Crippen LogP contribution in [0.4, 0.5) is 0 Å². The van der Waals surface area contributed by atoms with Gasteiger partial charge in [-0.1, -0.05) is 6.42 Å². The van der Waals surface area contributed by atoms with E-state index in [1.54, 1.807) is 6.08 Å². The molecule has 1 aliphatic carbocycles. The van der Waals surface area contributed by atoms with Crippen LogP contribution in [0.5, 0.6) is 0 Å². The SMILES string of the molecule is NCCSC1CC2=CC(=O)OC23CC1N1CCCCC13. The van der Waals surface area contributed by atoms with Crippen molar-refractivity contribution in [3.8, 4) is 0 Å². The third-order valence-electron chi connectivity index (χ3n) is 5.44. The lowest BCUT2D eigenvalue weighted by molar-refractivity contribution is -0.148. The minimum Gasteiger partial charge on any atom is -0.450 e. The first-order chi connectivity index (χ1) is 9.74. The number of esters is 1. The van der Waals surface area contributed by atoms with Gasteiger partial charge in [-0.2, -0.15) is 11.8 Å². The first-order valence-electron chi connectivity index (χ1n) is 7.76. The van der Waals surface area contributed by atoms with Crippen molar-refractivity contribution < 1.29 is 9.53 Å². The summed E-state index contributed by atoms with van der Waals surface area (Å²) in [5.41, 5.74) is 6.68. The van der Waals surface area contributed by atoms with Crippen molar-refractivity contribution in [3.05, 3.63) is 11.6 Å². The van der Waals surface area contributed by atoms with Gasteiger partial charge in [0, 0.05) is 36.1 Å². The fraction of sp³-hybridized carbons (Fsp3) is 0.800. The molecule has 4 unspecified atom stereocenters. The van der Waals surface area contributed by atoms with Gasteiger partial charge in [-0.25, -0.2) is 4.79 Å². The van der Waals surface area contributed by atoms with Crippen LogP contribution in [0.1, 0.15) is 32.1 Å². The van der Waals surface area contributed by atoms with Crippen molar-refractivity contribution >= 4 is 17.7 Å². The highest BCUT2D eigenvalue weighted by atomic mass is 32.2. The van der Waals surface area contributed by atoms with Gasteiger partial charge in [-0.15, -0.1) is 0 Å². The molecular weight excluding hydrogens is 272 g/mol. The summed E-state index contributed by atoms with van der Waals surface area (Å²) in [6, 6.07) is 1.00. The lowest BCUT2D eigenvalue weighted by atomic mass is 9.77. The highest BCUT2D eigenvalue weighted by Crippen LogP contribution is 2.55. The van der Waals surface area contributed by atoms with Crippen molar-refractivity contribution in [1.29, 1.82) is 0 Å². The normalized spacial score (nSPS) is 43.0. The summed E-state index contributed by atoms with van der Waals surface area (Å²) < 4.78 is 5.86. The van der Waals surface area contributed by atoms with Gasteiger partial charge in [-0.05, 0) is 31.4 Å². The number of hydrogen-bond donors (Lipinski definition) is 1. The number of ether oxygens (including phenoxy) is 1. The van der Waals surface area contributed by atoms with E-state index in [9.17, 15) is 4.79 Å². The summed E-state index contributed by atoms with van der Waals surface area (Å²) in [4.78, 5) is 14.5. The van der Waals surface area contributed by atoms with Gasteiger partial charge in [0.1, 0.15) is 0 Å². The Hall–Kier alpha value is -0.520. The maximum atomic E-state index is 11.8. The van der Waals surface area contributed by atoms with E-state index in [2.05, 4.69) is 4.90 Å². The molecule has 0 aromatic carbocycles. The Labute approximate surface area is 124 Å². The van der Waals surface area contributed by atoms with Crippen LogP contribution < -0.4 is 5.73 Å². The van der Waals surface area contributed by atoms with Crippen molar-refractivity contribution in [2.45, 2.75) is 55.0 Å². The second-order valence-electron chi connectivity index (χ2n) is 6.40. The molecular formula is C15H22N2O2S.